The topological polar surface area (TPSA) is 500 Å². The van der Waals surface area contributed by atoms with Crippen molar-refractivity contribution in [3.05, 3.63) is 18.1 Å². The molecule has 4 amide bonds. The molecule has 1 aliphatic rings. The lowest BCUT2D eigenvalue weighted by atomic mass is 10.1. The summed E-state index contributed by atoms with van der Waals surface area (Å²) in [5, 5.41) is 47.4. The highest BCUT2D eigenvalue weighted by molar-refractivity contribution is 8.76. The predicted molar refractivity (Wildman–Crippen MR) is 241 cm³/mol. The second kappa shape index (κ2) is 27.8. The number of carbonyl (C=O) groups is 7. The molecular weight excluding hydrogens is 1040 g/mol. The van der Waals surface area contributed by atoms with E-state index in [1.165, 1.54) is 32.4 Å². The number of carboxylic acids is 3. The van der Waals surface area contributed by atoms with Crippen LogP contribution in [-0.4, -0.2) is 158 Å². The van der Waals surface area contributed by atoms with Gasteiger partial charge in [0.1, 0.15) is 42.2 Å². The van der Waals surface area contributed by atoms with Gasteiger partial charge in [0, 0.05) is 43.5 Å². The van der Waals surface area contributed by atoms with E-state index in [0.29, 0.717) is 29.5 Å². The van der Waals surface area contributed by atoms with Crippen molar-refractivity contribution in [2.24, 2.45) is 5.73 Å². The maximum absolute atomic E-state index is 12.4. The fraction of sp³-hybridized carbons (Fsp3) is 0.559. The maximum atomic E-state index is 12.4. The Balaban J connectivity index is 1.35. The molecule has 2 aromatic rings. The van der Waals surface area contributed by atoms with Crippen LogP contribution in [0.5, 0.6) is 0 Å². The lowest BCUT2D eigenvalue weighted by Crippen LogP contribution is -2.52. The first-order chi connectivity index (χ1) is 32.7. The summed E-state index contributed by atoms with van der Waals surface area (Å²) >= 11 is 0. The number of ether oxygens (including phenoxy) is 1. The van der Waals surface area contributed by atoms with E-state index in [1.54, 1.807) is 0 Å². The largest absolute Gasteiger partial charge is 0.490 e. The number of carboxylic acid groups (broad SMARTS) is 3. The molecule has 0 bridgehead atoms. The van der Waals surface area contributed by atoms with Crippen LogP contribution in [0.15, 0.2) is 12.5 Å². The molecule has 0 aromatic carbocycles. The third-order valence-electron chi connectivity index (χ3n) is 9.05. The van der Waals surface area contributed by atoms with E-state index < -0.39 is 115 Å². The average Bonchev–Trinajstić information content (AvgIpc) is 3.80. The maximum Gasteiger partial charge on any atom is 0.490 e. The molecule has 16 N–H and O–H groups in total. The monoisotopic (exact) mass is 1090 g/mol. The molecule has 3 rings (SSSR count). The highest BCUT2D eigenvalue weighted by Crippen LogP contribution is 2.66. The van der Waals surface area contributed by atoms with Gasteiger partial charge in [-0.2, -0.15) is 8.62 Å². The molecule has 0 radical (unpaired) electrons. The third kappa shape index (κ3) is 21.3. The molecule has 0 spiro atoms. The first-order valence-corrected chi connectivity index (χ1v) is 27.2. The van der Waals surface area contributed by atoms with Crippen molar-refractivity contribution in [3.63, 3.8) is 0 Å². The lowest BCUT2D eigenvalue weighted by molar-refractivity contribution is -0.148. The number of hydrogen-bond donors (Lipinski definition) is 14. The number of phosphoric ester groups is 1. The molecule has 1 aliphatic heterocycles. The van der Waals surface area contributed by atoms with Crippen molar-refractivity contribution in [1.82, 2.24) is 35.8 Å². The first-order valence-electron chi connectivity index (χ1n) is 20.2. The van der Waals surface area contributed by atoms with Gasteiger partial charge < -0.3 is 82.0 Å². The molecular formula is C34H50N9O22P3S2. The number of unbranched alkanes of at least 4 members (excludes halogenated alkanes) is 2. The predicted octanol–water partition coefficient (Wildman–Crippen LogP) is -1.75. The van der Waals surface area contributed by atoms with Gasteiger partial charge in [-0.15, -0.1) is 0 Å². The number of nitrogens with two attached hydrogens (primary N) is 2. The molecule has 1 saturated heterocycles. The number of aliphatic hydroxyl groups excluding tert-OH is 1. The van der Waals surface area contributed by atoms with E-state index in [-0.39, 0.29) is 61.9 Å². The molecule has 31 nitrogen and oxygen atoms in total. The van der Waals surface area contributed by atoms with Crippen molar-refractivity contribution in [2.45, 2.75) is 87.9 Å². The molecule has 0 saturated carbocycles. The average molecular weight is 1090 g/mol. The number of nitrogen functional groups attached to an aromatic ring is 1. The molecule has 5 unspecified atom stereocenters. The number of rotatable bonds is 30. The van der Waals surface area contributed by atoms with E-state index in [1.807, 2.05) is 5.32 Å². The Hall–Kier alpha value is -4.74. The number of nitrogens with one attached hydrogen (secondary N) is 4. The van der Waals surface area contributed by atoms with E-state index >= 15 is 0 Å². The Bertz CT molecular complexity index is 2440. The number of aliphatic carboxylic acids is 3. The molecule has 36 heteroatoms. The van der Waals surface area contributed by atoms with Crippen LogP contribution in [0.2, 0.25) is 0 Å². The van der Waals surface area contributed by atoms with Crippen molar-refractivity contribution >= 4 is 103 Å². The zero-order chi connectivity index (χ0) is 52.4. The first kappa shape index (κ1) is 59.6. The van der Waals surface area contributed by atoms with E-state index in [2.05, 4.69) is 50.9 Å². The standard InChI is InChI=1S/C34H50N9O22P3S2/c35-19(32(51)38-8-3-1-2-6-25(46)41-20(11-27(47)48)33(52)42-21(34(53)54)12-28(49)50)16-70-69-10-7-24(45)37-9-4-5-18-14-43(31-29(18)30(36)39-17-40-31)26-13-22(44)23(63-26)15-62-67(58,59)65-68(60,61)64-66(55,56)57/h14,17,19-23,26,44H,1-3,6-13,15-16,35H2,(H,37,45)(H,38,51)(H,41,46)(H,42,52)(H,47,48)(H,49,50)(H,53,54)(H,58,59)(H,60,61)(H2,36,39,40)(H2,55,56,57)/t19?,20?,21?,22-,23-,26-/m1/s1. The molecule has 1 fully saturated rings. The van der Waals surface area contributed by atoms with Crippen molar-refractivity contribution in [2.75, 3.05) is 36.9 Å². The molecule has 8 atom stereocenters. The van der Waals surface area contributed by atoms with Gasteiger partial charge in [-0.05, 0) is 12.8 Å². The minimum atomic E-state index is -5.77. The normalized spacial score (nSPS) is 18.7. The third-order valence-corrected chi connectivity index (χ3v) is 15.3. The smallest absolute Gasteiger partial charge is 0.481 e. The van der Waals surface area contributed by atoms with Gasteiger partial charge in [0.05, 0.1) is 49.1 Å². The van der Waals surface area contributed by atoms with Crippen LogP contribution < -0.4 is 32.7 Å². The van der Waals surface area contributed by atoms with Gasteiger partial charge in [0.2, 0.25) is 23.6 Å². The van der Waals surface area contributed by atoms with Gasteiger partial charge in [-0.3, -0.25) is 33.3 Å². The number of anilines is 1. The number of amides is 4. The summed E-state index contributed by atoms with van der Waals surface area (Å²) in [6.45, 7) is -0.765. The minimum absolute atomic E-state index is 0.0279. The van der Waals surface area contributed by atoms with Gasteiger partial charge in [0.25, 0.3) is 0 Å². The van der Waals surface area contributed by atoms with Gasteiger partial charge in [0.15, 0.2) is 0 Å². The summed E-state index contributed by atoms with van der Waals surface area (Å²) in [4.78, 5) is 128. The lowest BCUT2D eigenvalue weighted by Gasteiger charge is -2.19. The van der Waals surface area contributed by atoms with Gasteiger partial charge >= 0.3 is 41.4 Å². The zero-order valence-electron chi connectivity index (χ0n) is 36.3. The molecule has 3 heterocycles. The SMILES string of the molecule is Nc1ncnc2c1c(C#CCNC(=O)CCSSCC(N)C(=O)NCCCCCC(=O)NC(CC(=O)O)C(=O)NC(CC(=O)O)C(=O)O)cn2[C@H]1C[C@@H](O)[C@@H](COP(=O)(O)OP(=O)(O)OP(=O)(O)O)O1. The highest BCUT2D eigenvalue weighted by Gasteiger charge is 2.43. The van der Waals surface area contributed by atoms with Gasteiger partial charge in [-0.25, -0.2) is 28.5 Å². The Morgan fingerprint density at radius 2 is 1.56 bits per heavy atom. The Morgan fingerprint density at radius 3 is 2.21 bits per heavy atom. The number of phosphoric acid groups is 3. The number of fused-ring (bicyclic) bond motifs is 1. The van der Waals surface area contributed by atoms with Crippen LogP contribution in [0.3, 0.4) is 0 Å². The van der Waals surface area contributed by atoms with Crippen LogP contribution in [0.1, 0.15) is 63.2 Å². The molecule has 70 heavy (non-hydrogen) atoms. The number of aliphatic hydroxyl groups is 1. The van der Waals surface area contributed by atoms with Crippen LogP contribution in [-0.2, 0) is 65.1 Å². The molecule has 0 aliphatic carbocycles. The molecule has 390 valence electrons. The van der Waals surface area contributed by atoms with E-state index in [9.17, 15) is 62.2 Å². The highest BCUT2D eigenvalue weighted by atomic mass is 33.1. The number of carbonyl (C=O) groups excluding carboxylic acids is 4. The fourth-order valence-corrected chi connectivity index (χ4v) is 11.1. The van der Waals surface area contributed by atoms with Gasteiger partial charge in [-0.1, -0.05) is 39.8 Å². The second-order valence-electron chi connectivity index (χ2n) is 14.6. The summed E-state index contributed by atoms with van der Waals surface area (Å²) in [5.41, 5.74) is 12.6. The quantitative estimate of drug-likeness (QED) is 0.0179. The molecule has 2 aromatic heterocycles. The number of hydrogen-bond acceptors (Lipinski definition) is 21. The fourth-order valence-electron chi connectivity index (χ4n) is 5.92. The number of nitrogens with zero attached hydrogens (tertiary/aromatic N) is 3. The summed E-state index contributed by atoms with van der Waals surface area (Å²) in [7, 11) is -14.3. The van der Waals surface area contributed by atoms with Crippen molar-refractivity contribution in [3.8, 4) is 11.8 Å². The van der Waals surface area contributed by atoms with Crippen molar-refractivity contribution < 1.29 is 105 Å². The zero-order valence-corrected chi connectivity index (χ0v) is 40.6. The van der Waals surface area contributed by atoms with Crippen LogP contribution in [0, 0.1) is 11.8 Å². The summed E-state index contributed by atoms with van der Waals surface area (Å²) in [6, 6.07) is -4.38. The van der Waals surface area contributed by atoms with Crippen LogP contribution in [0.25, 0.3) is 11.0 Å². The van der Waals surface area contributed by atoms with Crippen molar-refractivity contribution in [1.29, 1.82) is 0 Å². The number of aromatic nitrogens is 3. The summed E-state index contributed by atoms with van der Waals surface area (Å²) in [6.07, 6.45) is -1.91. The summed E-state index contributed by atoms with van der Waals surface area (Å²) < 4.78 is 53.8. The Labute approximate surface area is 403 Å². The van der Waals surface area contributed by atoms with Crippen LogP contribution in [0.4, 0.5) is 5.82 Å². The van der Waals surface area contributed by atoms with E-state index in [4.69, 9.17) is 41.3 Å². The Morgan fingerprint density at radius 1 is 0.871 bits per heavy atom. The Kier molecular flexibility index (Phi) is 23.6. The second-order valence-corrected chi connectivity index (χ2v) is 21.6. The summed E-state index contributed by atoms with van der Waals surface area (Å²) in [5.74, 6) is -1.06. The van der Waals surface area contributed by atoms with Crippen LogP contribution >= 0.6 is 45.1 Å². The van der Waals surface area contributed by atoms with E-state index in [0.717, 1.165) is 6.33 Å². The minimum Gasteiger partial charge on any atom is -0.481 e.